The average molecular weight is 306 g/mol. The van der Waals surface area contributed by atoms with Crippen molar-refractivity contribution in [2.75, 3.05) is 19.6 Å². The molecule has 0 bridgehead atoms. The van der Waals surface area contributed by atoms with Crippen molar-refractivity contribution in [1.82, 2.24) is 9.47 Å². The van der Waals surface area contributed by atoms with E-state index in [0.717, 1.165) is 16.6 Å². The van der Waals surface area contributed by atoms with E-state index in [-0.39, 0.29) is 4.87 Å². The Bertz CT molecular complexity index is 623. The fraction of sp³-hybridized carbons (Fsp3) is 0.588. The molecule has 0 spiro atoms. The molecule has 116 valence electrons. The summed E-state index contributed by atoms with van der Waals surface area (Å²) in [5, 5.41) is 0. The van der Waals surface area contributed by atoms with Crippen LogP contribution in [-0.4, -0.2) is 29.1 Å². The normalized spacial score (nSPS) is 11.6. The van der Waals surface area contributed by atoms with Crippen LogP contribution in [0.2, 0.25) is 0 Å². The van der Waals surface area contributed by atoms with Crippen LogP contribution in [0.15, 0.2) is 23.0 Å². The highest BCUT2D eigenvalue weighted by Gasteiger charge is 2.06. The summed E-state index contributed by atoms with van der Waals surface area (Å²) in [6.07, 6.45) is 4.73. The van der Waals surface area contributed by atoms with E-state index in [1.54, 1.807) is 4.57 Å². The molecular weight excluding hydrogens is 280 g/mol. The van der Waals surface area contributed by atoms with E-state index < -0.39 is 0 Å². The number of nitrogens with zero attached hydrogens (tertiary/aromatic N) is 2. The van der Waals surface area contributed by atoms with Gasteiger partial charge in [-0.15, -0.1) is 0 Å². The molecule has 0 saturated carbocycles. The predicted octanol–water partition coefficient (Wildman–Crippen LogP) is 3.65. The number of hydrogen-bond donors (Lipinski definition) is 0. The van der Waals surface area contributed by atoms with Gasteiger partial charge >= 0.3 is 4.87 Å². The fourth-order valence-corrected chi connectivity index (χ4v) is 3.75. The van der Waals surface area contributed by atoms with E-state index in [9.17, 15) is 4.79 Å². The maximum atomic E-state index is 11.7. The highest BCUT2D eigenvalue weighted by Crippen LogP contribution is 2.19. The molecule has 1 heterocycles. The molecule has 0 atom stereocenters. The van der Waals surface area contributed by atoms with Gasteiger partial charge in [-0.25, -0.2) is 0 Å². The minimum Gasteiger partial charge on any atom is -0.303 e. The molecule has 0 saturated heterocycles. The summed E-state index contributed by atoms with van der Waals surface area (Å²) < 4.78 is 2.84. The third-order valence-corrected chi connectivity index (χ3v) is 4.87. The van der Waals surface area contributed by atoms with Gasteiger partial charge in [0.25, 0.3) is 0 Å². The minimum atomic E-state index is 0.124. The van der Waals surface area contributed by atoms with Crippen LogP contribution in [-0.2, 0) is 13.5 Å². The first kappa shape index (κ1) is 16.2. The zero-order valence-corrected chi connectivity index (χ0v) is 14.2. The SMILES string of the molecule is CCCN(CCC)CCCc1ccc2c(c1)sc(=O)n2C. The van der Waals surface area contributed by atoms with Crippen LogP contribution in [0.25, 0.3) is 10.2 Å². The van der Waals surface area contributed by atoms with E-state index in [0.29, 0.717) is 0 Å². The number of rotatable bonds is 8. The molecule has 0 radical (unpaired) electrons. The molecule has 0 aliphatic rings. The third-order valence-electron chi connectivity index (χ3n) is 3.88. The maximum Gasteiger partial charge on any atom is 0.307 e. The van der Waals surface area contributed by atoms with Crippen LogP contribution in [0, 0.1) is 0 Å². The smallest absolute Gasteiger partial charge is 0.303 e. The van der Waals surface area contributed by atoms with Crippen molar-refractivity contribution in [1.29, 1.82) is 0 Å². The van der Waals surface area contributed by atoms with Gasteiger partial charge in [-0.1, -0.05) is 31.3 Å². The van der Waals surface area contributed by atoms with Crippen LogP contribution in [0.3, 0.4) is 0 Å². The lowest BCUT2D eigenvalue weighted by Gasteiger charge is -2.20. The molecule has 3 nitrogen and oxygen atoms in total. The first-order chi connectivity index (χ1) is 10.2. The molecule has 21 heavy (non-hydrogen) atoms. The Labute approximate surface area is 131 Å². The Hall–Kier alpha value is -1.13. The number of hydrogen-bond acceptors (Lipinski definition) is 3. The van der Waals surface area contributed by atoms with Crippen LogP contribution < -0.4 is 4.87 Å². The highest BCUT2D eigenvalue weighted by molar-refractivity contribution is 7.16. The Morgan fingerprint density at radius 3 is 2.52 bits per heavy atom. The zero-order valence-electron chi connectivity index (χ0n) is 13.4. The molecule has 0 amide bonds. The average Bonchev–Trinajstić information content (AvgIpc) is 2.74. The summed E-state index contributed by atoms with van der Waals surface area (Å²) in [5.41, 5.74) is 2.39. The Balaban J connectivity index is 1.95. The summed E-state index contributed by atoms with van der Waals surface area (Å²) in [5.74, 6) is 0. The third kappa shape index (κ3) is 4.17. The quantitative estimate of drug-likeness (QED) is 0.744. The molecule has 0 N–H and O–H groups in total. The van der Waals surface area contributed by atoms with E-state index in [1.165, 1.54) is 55.8 Å². The van der Waals surface area contributed by atoms with Gasteiger partial charge in [0.15, 0.2) is 0 Å². The molecule has 2 aromatic rings. The van der Waals surface area contributed by atoms with Gasteiger partial charge < -0.3 is 9.47 Å². The molecular formula is C17H26N2OS. The summed E-state index contributed by atoms with van der Waals surface area (Å²) >= 11 is 1.35. The largest absolute Gasteiger partial charge is 0.307 e. The fourth-order valence-electron chi connectivity index (χ4n) is 2.81. The van der Waals surface area contributed by atoms with Crippen molar-refractivity contribution in [3.05, 3.63) is 33.4 Å². The van der Waals surface area contributed by atoms with Crippen molar-refractivity contribution in [2.24, 2.45) is 7.05 Å². The van der Waals surface area contributed by atoms with Gasteiger partial charge in [-0.05, 0) is 63.0 Å². The van der Waals surface area contributed by atoms with Crippen molar-refractivity contribution in [2.45, 2.75) is 39.5 Å². The van der Waals surface area contributed by atoms with Crippen molar-refractivity contribution >= 4 is 21.6 Å². The molecule has 1 aromatic carbocycles. The van der Waals surface area contributed by atoms with Gasteiger partial charge in [0.2, 0.25) is 0 Å². The topological polar surface area (TPSA) is 25.2 Å². The zero-order chi connectivity index (χ0) is 15.2. The molecule has 0 aliphatic heterocycles. The number of aromatic nitrogens is 1. The van der Waals surface area contributed by atoms with E-state index in [2.05, 4.69) is 36.9 Å². The van der Waals surface area contributed by atoms with Gasteiger partial charge in [-0.2, -0.15) is 0 Å². The van der Waals surface area contributed by atoms with Crippen LogP contribution in [0.1, 0.15) is 38.7 Å². The Morgan fingerprint density at radius 1 is 1.14 bits per heavy atom. The predicted molar refractivity (Wildman–Crippen MR) is 92.4 cm³/mol. The molecule has 0 fully saturated rings. The summed E-state index contributed by atoms with van der Waals surface area (Å²) in [7, 11) is 1.84. The van der Waals surface area contributed by atoms with Crippen molar-refractivity contribution in [3.8, 4) is 0 Å². The molecule has 0 unspecified atom stereocenters. The summed E-state index contributed by atoms with van der Waals surface area (Å²) in [4.78, 5) is 14.4. The summed E-state index contributed by atoms with van der Waals surface area (Å²) in [6, 6.07) is 6.43. The first-order valence-electron chi connectivity index (χ1n) is 7.96. The van der Waals surface area contributed by atoms with Gasteiger partial charge in [0.05, 0.1) is 10.2 Å². The number of fused-ring (bicyclic) bond motifs is 1. The Morgan fingerprint density at radius 2 is 1.86 bits per heavy atom. The lowest BCUT2D eigenvalue weighted by atomic mass is 10.1. The summed E-state index contributed by atoms with van der Waals surface area (Å²) in [6.45, 7) is 8.06. The minimum absolute atomic E-state index is 0.124. The van der Waals surface area contributed by atoms with Gasteiger partial charge in [-0.3, -0.25) is 4.79 Å². The van der Waals surface area contributed by atoms with Crippen LogP contribution in [0.5, 0.6) is 0 Å². The monoisotopic (exact) mass is 306 g/mol. The second kappa shape index (κ2) is 7.76. The molecule has 2 rings (SSSR count). The van der Waals surface area contributed by atoms with Crippen LogP contribution in [0.4, 0.5) is 0 Å². The number of thiazole rings is 1. The van der Waals surface area contributed by atoms with Crippen molar-refractivity contribution in [3.63, 3.8) is 0 Å². The molecule has 1 aromatic heterocycles. The van der Waals surface area contributed by atoms with Crippen molar-refractivity contribution < 1.29 is 0 Å². The van der Waals surface area contributed by atoms with E-state index in [4.69, 9.17) is 0 Å². The van der Waals surface area contributed by atoms with Gasteiger partial charge in [0.1, 0.15) is 0 Å². The second-order valence-electron chi connectivity index (χ2n) is 5.67. The van der Waals surface area contributed by atoms with Gasteiger partial charge in [0, 0.05) is 7.05 Å². The molecule has 4 heteroatoms. The first-order valence-corrected chi connectivity index (χ1v) is 8.78. The maximum absolute atomic E-state index is 11.7. The lowest BCUT2D eigenvalue weighted by molar-refractivity contribution is 0.271. The highest BCUT2D eigenvalue weighted by atomic mass is 32.1. The number of aryl methyl sites for hydroxylation is 2. The Kier molecular flexibility index (Phi) is 6.00. The molecule has 0 aliphatic carbocycles. The lowest BCUT2D eigenvalue weighted by Crippen LogP contribution is -2.26. The number of benzene rings is 1. The van der Waals surface area contributed by atoms with Crippen LogP contribution >= 0.6 is 11.3 Å². The standard InChI is InChI=1S/C17H26N2OS/c1-4-10-19(11-5-2)12-6-7-14-8-9-15-16(13-14)21-17(20)18(15)3/h8-9,13H,4-7,10-12H2,1-3H3. The second-order valence-corrected chi connectivity index (χ2v) is 6.67. The van der Waals surface area contributed by atoms with E-state index in [1.807, 2.05) is 7.05 Å². The van der Waals surface area contributed by atoms with E-state index >= 15 is 0 Å².